The van der Waals surface area contributed by atoms with Crippen molar-refractivity contribution in [3.8, 4) is 0 Å². The third kappa shape index (κ3) is 5.28. The summed E-state index contributed by atoms with van der Waals surface area (Å²) in [5.74, 6) is 0. The molecule has 0 radical (unpaired) electrons. The first-order valence-electron chi connectivity index (χ1n) is 10.9. The second-order valence-electron chi connectivity index (χ2n) is 7.87. The van der Waals surface area contributed by atoms with E-state index in [-0.39, 0.29) is 0 Å². The van der Waals surface area contributed by atoms with Crippen molar-refractivity contribution in [1.29, 1.82) is 0 Å². The summed E-state index contributed by atoms with van der Waals surface area (Å²) in [5, 5.41) is 0. The number of rotatable bonds is 8. The molecule has 162 valence electrons. The van der Waals surface area contributed by atoms with Crippen molar-refractivity contribution < 1.29 is 0 Å². The zero-order valence-corrected chi connectivity index (χ0v) is 19.5. The fourth-order valence-corrected chi connectivity index (χ4v) is 3.54. The van der Waals surface area contributed by atoms with Crippen LogP contribution >= 0.6 is 0 Å². The molecule has 0 fully saturated rings. The molecule has 0 aliphatic rings. The van der Waals surface area contributed by atoms with Gasteiger partial charge in [-0.2, -0.15) is 0 Å². The third-order valence-corrected chi connectivity index (χ3v) is 5.55. The lowest BCUT2D eigenvalue weighted by atomic mass is 10.1. The van der Waals surface area contributed by atoms with E-state index in [1.807, 2.05) is 31.0 Å². The number of para-hydroxylation sites is 1. The summed E-state index contributed by atoms with van der Waals surface area (Å²) in [6.07, 6.45) is 6.23. The molecular weight excluding hydrogens is 388 g/mol. The van der Waals surface area contributed by atoms with Gasteiger partial charge in [-0.25, -0.2) is 0 Å². The van der Waals surface area contributed by atoms with Gasteiger partial charge >= 0.3 is 0 Å². The highest BCUT2D eigenvalue weighted by Crippen LogP contribution is 2.32. The van der Waals surface area contributed by atoms with Gasteiger partial charge in [0.1, 0.15) is 0 Å². The number of allylic oxidation sites excluding steroid dienone is 4. The van der Waals surface area contributed by atoms with Crippen molar-refractivity contribution >= 4 is 22.8 Å². The maximum atomic E-state index is 4.33. The van der Waals surface area contributed by atoms with E-state index in [1.165, 1.54) is 5.56 Å². The lowest BCUT2D eigenvalue weighted by Gasteiger charge is -2.27. The van der Waals surface area contributed by atoms with E-state index < -0.39 is 0 Å². The fraction of sp³-hybridized carbons (Fsp3) is 0.133. The Morgan fingerprint density at radius 1 is 0.750 bits per heavy atom. The van der Waals surface area contributed by atoms with Gasteiger partial charge in [-0.1, -0.05) is 85.5 Å². The quantitative estimate of drug-likeness (QED) is 0.339. The van der Waals surface area contributed by atoms with E-state index in [1.54, 1.807) is 0 Å². The largest absolute Gasteiger partial charge is 0.345 e. The summed E-state index contributed by atoms with van der Waals surface area (Å²) in [7, 11) is 2.01. The number of hydrogen-bond acceptors (Lipinski definition) is 2. The van der Waals surface area contributed by atoms with Crippen LogP contribution in [-0.4, -0.2) is 11.9 Å². The van der Waals surface area contributed by atoms with E-state index in [4.69, 9.17) is 0 Å². The zero-order valence-electron chi connectivity index (χ0n) is 19.5. The van der Waals surface area contributed by atoms with Crippen LogP contribution in [0, 0.1) is 6.92 Å². The lowest BCUT2D eigenvalue weighted by Crippen LogP contribution is -2.15. The molecule has 0 heterocycles. The van der Waals surface area contributed by atoms with Crippen LogP contribution in [-0.2, 0) is 0 Å². The van der Waals surface area contributed by atoms with Gasteiger partial charge < -0.3 is 9.80 Å². The van der Waals surface area contributed by atoms with Gasteiger partial charge in [0.15, 0.2) is 0 Å². The Morgan fingerprint density at radius 3 is 1.78 bits per heavy atom. The minimum atomic E-state index is 0.912. The van der Waals surface area contributed by atoms with E-state index in [9.17, 15) is 0 Å². The molecule has 32 heavy (non-hydrogen) atoms. The highest BCUT2D eigenvalue weighted by atomic mass is 15.1. The minimum Gasteiger partial charge on any atom is -0.345 e. The monoisotopic (exact) mass is 420 g/mol. The van der Waals surface area contributed by atoms with E-state index >= 15 is 0 Å². The molecule has 0 aromatic heterocycles. The van der Waals surface area contributed by atoms with Crippen molar-refractivity contribution in [1.82, 2.24) is 4.90 Å². The zero-order chi connectivity index (χ0) is 23.1. The molecule has 3 rings (SSSR count). The first-order valence-corrected chi connectivity index (χ1v) is 10.9. The number of benzene rings is 3. The molecule has 0 bridgehead atoms. The normalized spacial score (nSPS) is 11.4. The Morgan fingerprint density at radius 2 is 1.25 bits per heavy atom. The fourth-order valence-electron chi connectivity index (χ4n) is 3.54. The van der Waals surface area contributed by atoms with Crippen LogP contribution < -0.4 is 4.90 Å². The van der Waals surface area contributed by atoms with Crippen LogP contribution in [0.5, 0.6) is 0 Å². The highest BCUT2D eigenvalue weighted by molar-refractivity contribution is 5.76. The summed E-state index contributed by atoms with van der Waals surface area (Å²) < 4.78 is 0. The Hall–Kier alpha value is -3.78. The van der Waals surface area contributed by atoms with Crippen molar-refractivity contribution in [2.75, 3.05) is 11.9 Å². The molecule has 0 aliphatic heterocycles. The minimum absolute atomic E-state index is 0.912. The van der Waals surface area contributed by atoms with Crippen LogP contribution in [0.4, 0.5) is 11.4 Å². The third-order valence-electron chi connectivity index (χ3n) is 5.55. The molecule has 0 amide bonds. The predicted molar refractivity (Wildman–Crippen MR) is 141 cm³/mol. The van der Waals surface area contributed by atoms with E-state index in [0.717, 1.165) is 39.6 Å². The maximum Gasteiger partial charge on any atom is 0.0458 e. The topological polar surface area (TPSA) is 6.48 Å². The summed E-state index contributed by atoms with van der Waals surface area (Å²) in [6, 6.07) is 27.3. The van der Waals surface area contributed by atoms with Crippen LogP contribution in [0.25, 0.3) is 11.4 Å². The summed E-state index contributed by atoms with van der Waals surface area (Å²) >= 11 is 0. The Balaban J connectivity index is 1.86. The van der Waals surface area contributed by atoms with Crippen LogP contribution in [0.3, 0.4) is 0 Å². The molecule has 2 nitrogen and oxygen atoms in total. The molecule has 0 saturated carbocycles. The Labute approximate surface area is 193 Å². The lowest BCUT2D eigenvalue weighted by molar-refractivity contribution is 0.688. The first-order chi connectivity index (χ1) is 15.4. The van der Waals surface area contributed by atoms with Crippen LogP contribution in [0.2, 0.25) is 0 Å². The molecule has 3 aromatic carbocycles. The maximum absolute atomic E-state index is 4.33. The second-order valence-corrected chi connectivity index (χ2v) is 7.87. The second kappa shape index (κ2) is 10.5. The molecule has 0 N–H and O–H groups in total. The Bertz CT molecular complexity index is 1120. The van der Waals surface area contributed by atoms with Gasteiger partial charge in [0, 0.05) is 35.5 Å². The van der Waals surface area contributed by atoms with Crippen LogP contribution in [0.1, 0.15) is 30.5 Å². The summed E-state index contributed by atoms with van der Waals surface area (Å²) in [4.78, 5) is 4.30. The van der Waals surface area contributed by atoms with E-state index in [0.29, 0.717) is 0 Å². The summed E-state index contributed by atoms with van der Waals surface area (Å²) in [5.41, 5.74) is 8.60. The van der Waals surface area contributed by atoms with Crippen molar-refractivity contribution in [3.05, 3.63) is 133 Å². The molecule has 0 unspecified atom stereocenters. The number of hydrogen-bond donors (Lipinski definition) is 0. The van der Waals surface area contributed by atoms with Gasteiger partial charge in [-0.3, -0.25) is 0 Å². The molecule has 0 saturated heterocycles. The van der Waals surface area contributed by atoms with Crippen molar-refractivity contribution in [3.63, 3.8) is 0 Å². The van der Waals surface area contributed by atoms with Gasteiger partial charge in [-0.15, -0.1) is 0 Å². The molecule has 0 atom stereocenters. The molecule has 0 spiro atoms. The number of nitrogens with zero attached hydrogens (tertiary/aromatic N) is 2. The molecule has 3 aromatic rings. The SMILES string of the molecule is C=C(c1ccc(C)cc1)N(C)C(=C)c1ccc(N(/C(C)=C/C=C\C)c2ccccc2)cc1. The van der Waals surface area contributed by atoms with Gasteiger partial charge in [0.25, 0.3) is 0 Å². The predicted octanol–water partition coefficient (Wildman–Crippen LogP) is 8.19. The average molecular weight is 421 g/mol. The summed E-state index contributed by atoms with van der Waals surface area (Å²) in [6.45, 7) is 14.8. The van der Waals surface area contributed by atoms with E-state index in [2.05, 4.69) is 117 Å². The van der Waals surface area contributed by atoms with Gasteiger partial charge in [0.05, 0.1) is 0 Å². The highest BCUT2D eigenvalue weighted by Gasteiger charge is 2.14. The standard InChI is InChI=1S/C30H32N2/c1-7-8-12-24(3)32(29-13-10-9-11-14-29)30-21-19-28(20-22-30)26(5)31(6)25(4)27-17-15-23(2)16-18-27/h7-22H,4-5H2,1-3,6H3/b8-7-,24-12+. The molecule has 2 heteroatoms. The van der Waals surface area contributed by atoms with Crippen molar-refractivity contribution in [2.24, 2.45) is 0 Å². The molecular formula is C30H32N2. The van der Waals surface area contributed by atoms with Gasteiger partial charge in [0.2, 0.25) is 0 Å². The van der Waals surface area contributed by atoms with Crippen LogP contribution in [0.15, 0.2) is 116 Å². The van der Waals surface area contributed by atoms with Crippen molar-refractivity contribution in [2.45, 2.75) is 20.8 Å². The smallest absolute Gasteiger partial charge is 0.0458 e. The first kappa shape index (κ1) is 22.9. The average Bonchev–Trinajstić information content (AvgIpc) is 2.83. The Kier molecular flexibility index (Phi) is 7.51. The van der Waals surface area contributed by atoms with Gasteiger partial charge in [-0.05, 0) is 62.2 Å². The number of aryl methyl sites for hydroxylation is 1. The molecule has 0 aliphatic carbocycles. The number of anilines is 2.